The van der Waals surface area contributed by atoms with E-state index >= 15 is 0 Å². The molecule has 82 valence electrons. The number of hydrogen-bond donors (Lipinski definition) is 1. The average Bonchev–Trinajstić information content (AvgIpc) is 2.47. The zero-order valence-electron chi connectivity index (χ0n) is 8.52. The fourth-order valence-electron chi connectivity index (χ4n) is 1.91. The Kier molecular flexibility index (Phi) is 3.69. The monoisotopic (exact) mass is 218 g/mol. The summed E-state index contributed by atoms with van der Waals surface area (Å²) in [6, 6.07) is 0.0773. The molecule has 2 N–H and O–H groups in total. The van der Waals surface area contributed by atoms with E-state index in [1.54, 1.807) is 4.31 Å². The van der Waals surface area contributed by atoms with Gasteiger partial charge in [0.2, 0.25) is 10.0 Å². The molecule has 1 aliphatic rings. The third kappa shape index (κ3) is 2.34. The third-order valence-corrected chi connectivity index (χ3v) is 4.50. The standard InChI is InChI=1S/C9H18N2O2S/c1-3-4-14(12,13)11-7-9(6-10)5-8(11)2/h3,8-9H,1,4-7,10H2,2H3. The first-order valence-electron chi connectivity index (χ1n) is 4.81. The summed E-state index contributed by atoms with van der Waals surface area (Å²) in [5.74, 6) is 0.332. The lowest BCUT2D eigenvalue weighted by atomic mass is 10.1. The lowest BCUT2D eigenvalue weighted by molar-refractivity contribution is 0.406. The Morgan fingerprint density at radius 3 is 2.71 bits per heavy atom. The molecule has 14 heavy (non-hydrogen) atoms. The summed E-state index contributed by atoms with van der Waals surface area (Å²) in [6.07, 6.45) is 2.30. The van der Waals surface area contributed by atoms with E-state index in [1.165, 1.54) is 6.08 Å². The van der Waals surface area contributed by atoms with Crippen LogP contribution in [0, 0.1) is 5.92 Å². The van der Waals surface area contributed by atoms with E-state index in [1.807, 2.05) is 6.92 Å². The summed E-state index contributed by atoms with van der Waals surface area (Å²) in [6.45, 7) is 6.50. The fraction of sp³-hybridized carbons (Fsp3) is 0.778. The van der Waals surface area contributed by atoms with Crippen LogP contribution < -0.4 is 5.73 Å². The highest BCUT2D eigenvalue weighted by molar-refractivity contribution is 7.89. The van der Waals surface area contributed by atoms with E-state index in [0.29, 0.717) is 19.0 Å². The van der Waals surface area contributed by atoms with E-state index in [9.17, 15) is 8.42 Å². The molecule has 1 heterocycles. The Morgan fingerprint density at radius 2 is 2.29 bits per heavy atom. The van der Waals surface area contributed by atoms with Gasteiger partial charge in [-0.3, -0.25) is 0 Å². The van der Waals surface area contributed by atoms with Gasteiger partial charge in [0, 0.05) is 12.6 Å². The van der Waals surface area contributed by atoms with Gasteiger partial charge < -0.3 is 5.73 Å². The summed E-state index contributed by atoms with van der Waals surface area (Å²) < 4.78 is 25.0. The molecule has 2 unspecified atom stereocenters. The summed E-state index contributed by atoms with van der Waals surface area (Å²) in [7, 11) is -3.14. The van der Waals surface area contributed by atoms with E-state index < -0.39 is 10.0 Å². The van der Waals surface area contributed by atoms with Gasteiger partial charge in [0.1, 0.15) is 0 Å². The minimum atomic E-state index is -3.14. The summed E-state index contributed by atoms with van der Waals surface area (Å²) in [5.41, 5.74) is 5.53. The molecule has 0 spiro atoms. The quantitative estimate of drug-likeness (QED) is 0.684. The molecular formula is C9H18N2O2S. The zero-order valence-corrected chi connectivity index (χ0v) is 9.33. The van der Waals surface area contributed by atoms with Crippen LogP contribution in [0.5, 0.6) is 0 Å². The summed E-state index contributed by atoms with van der Waals surface area (Å²) in [5, 5.41) is 0. The van der Waals surface area contributed by atoms with Gasteiger partial charge in [-0.2, -0.15) is 4.31 Å². The fourth-order valence-corrected chi connectivity index (χ4v) is 3.47. The van der Waals surface area contributed by atoms with Gasteiger partial charge in [0.25, 0.3) is 0 Å². The van der Waals surface area contributed by atoms with Crippen LogP contribution in [0.15, 0.2) is 12.7 Å². The van der Waals surface area contributed by atoms with Crippen molar-refractivity contribution in [1.82, 2.24) is 4.31 Å². The van der Waals surface area contributed by atoms with Crippen molar-refractivity contribution in [3.8, 4) is 0 Å². The van der Waals surface area contributed by atoms with Gasteiger partial charge in [-0.15, -0.1) is 6.58 Å². The maximum atomic E-state index is 11.7. The number of nitrogens with two attached hydrogens (primary N) is 1. The molecule has 0 aromatic rings. The van der Waals surface area contributed by atoms with Gasteiger partial charge in [-0.05, 0) is 25.8 Å². The van der Waals surface area contributed by atoms with Gasteiger partial charge in [-0.1, -0.05) is 6.08 Å². The molecule has 0 bridgehead atoms. The molecule has 1 fully saturated rings. The van der Waals surface area contributed by atoms with E-state index in [4.69, 9.17) is 5.73 Å². The molecule has 0 radical (unpaired) electrons. The smallest absolute Gasteiger partial charge is 0.217 e. The first kappa shape index (κ1) is 11.7. The Labute approximate surface area is 85.8 Å². The summed E-state index contributed by atoms with van der Waals surface area (Å²) in [4.78, 5) is 0. The van der Waals surface area contributed by atoms with Crippen LogP contribution in [0.4, 0.5) is 0 Å². The van der Waals surface area contributed by atoms with E-state index in [-0.39, 0.29) is 11.8 Å². The second kappa shape index (κ2) is 4.42. The van der Waals surface area contributed by atoms with Gasteiger partial charge in [0.05, 0.1) is 5.75 Å². The molecule has 5 heteroatoms. The SMILES string of the molecule is C=CCS(=O)(=O)N1CC(CN)CC1C. The predicted octanol–water partition coefficient (Wildman–Crippen LogP) is 0.171. The third-order valence-electron chi connectivity index (χ3n) is 2.62. The van der Waals surface area contributed by atoms with E-state index in [0.717, 1.165) is 6.42 Å². The van der Waals surface area contributed by atoms with Crippen molar-refractivity contribution >= 4 is 10.0 Å². The highest BCUT2D eigenvalue weighted by atomic mass is 32.2. The van der Waals surface area contributed by atoms with Crippen LogP contribution in [0.2, 0.25) is 0 Å². The second-order valence-electron chi connectivity index (χ2n) is 3.82. The molecule has 4 nitrogen and oxygen atoms in total. The maximum absolute atomic E-state index is 11.7. The molecule has 1 rings (SSSR count). The van der Waals surface area contributed by atoms with Crippen molar-refractivity contribution in [1.29, 1.82) is 0 Å². The van der Waals surface area contributed by atoms with Gasteiger partial charge in [0.15, 0.2) is 0 Å². The number of nitrogens with zero attached hydrogens (tertiary/aromatic N) is 1. The first-order valence-corrected chi connectivity index (χ1v) is 6.42. The Balaban J connectivity index is 2.74. The molecule has 0 saturated carbocycles. The number of hydrogen-bond acceptors (Lipinski definition) is 3. The molecule has 0 amide bonds. The minimum absolute atomic E-state index is 0.0225. The maximum Gasteiger partial charge on any atom is 0.217 e. The van der Waals surface area contributed by atoms with Crippen LogP contribution in [0.25, 0.3) is 0 Å². The first-order chi connectivity index (χ1) is 6.51. The molecule has 0 aromatic heterocycles. The summed E-state index contributed by atoms with van der Waals surface area (Å²) >= 11 is 0. The van der Waals surface area contributed by atoms with Crippen LogP contribution in [-0.2, 0) is 10.0 Å². The minimum Gasteiger partial charge on any atom is -0.330 e. The normalized spacial score (nSPS) is 29.3. The predicted molar refractivity (Wildman–Crippen MR) is 57.3 cm³/mol. The van der Waals surface area contributed by atoms with Crippen molar-refractivity contribution < 1.29 is 8.42 Å². The van der Waals surface area contributed by atoms with Crippen LogP contribution in [0.3, 0.4) is 0 Å². The Bertz CT molecular complexity index is 300. The topological polar surface area (TPSA) is 63.4 Å². The van der Waals surface area contributed by atoms with Gasteiger partial charge in [-0.25, -0.2) is 8.42 Å². The van der Waals surface area contributed by atoms with Crippen molar-refractivity contribution in [3.63, 3.8) is 0 Å². The Morgan fingerprint density at radius 1 is 1.64 bits per heavy atom. The molecule has 0 aromatic carbocycles. The molecule has 1 aliphatic heterocycles. The Hall–Kier alpha value is -0.390. The van der Waals surface area contributed by atoms with Crippen molar-refractivity contribution in [3.05, 3.63) is 12.7 Å². The van der Waals surface area contributed by atoms with Crippen LogP contribution in [0.1, 0.15) is 13.3 Å². The van der Waals surface area contributed by atoms with E-state index in [2.05, 4.69) is 6.58 Å². The zero-order chi connectivity index (χ0) is 10.8. The second-order valence-corrected chi connectivity index (χ2v) is 5.79. The highest BCUT2D eigenvalue weighted by Gasteiger charge is 2.35. The molecular weight excluding hydrogens is 200 g/mol. The van der Waals surface area contributed by atoms with Crippen molar-refractivity contribution in [2.75, 3.05) is 18.8 Å². The van der Waals surface area contributed by atoms with Crippen LogP contribution in [-0.4, -0.2) is 37.6 Å². The molecule has 2 atom stereocenters. The average molecular weight is 218 g/mol. The lowest BCUT2D eigenvalue weighted by Gasteiger charge is -2.19. The molecule has 0 aliphatic carbocycles. The largest absolute Gasteiger partial charge is 0.330 e. The number of rotatable bonds is 4. The van der Waals surface area contributed by atoms with Gasteiger partial charge >= 0.3 is 0 Å². The van der Waals surface area contributed by atoms with Crippen LogP contribution >= 0.6 is 0 Å². The number of sulfonamides is 1. The highest BCUT2D eigenvalue weighted by Crippen LogP contribution is 2.25. The van der Waals surface area contributed by atoms with Crippen molar-refractivity contribution in [2.24, 2.45) is 11.7 Å². The van der Waals surface area contributed by atoms with Crippen molar-refractivity contribution in [2.45, 2.75) is 19.4 Å². The lowest BCUT2D eigenvalue weighted by Crippen LogP contribution is -2.35. The molecule has 1 saturated heterocycles.